The van der Waals surface area contributed by atoms with Crippen LogP contribution in [0.3, 0.4) is 0 Å². The van der Waals surface area contributed by atoms with Crippen molar-refractivity contribution in [3.63, 3.8) is 0 Å². The van der Waals surface area contributed by atoms with E-state index < -0.39 is 0 Å². The van der Waals surface area contributed by atoms with E-state index in [1.165, 1.54) is 36.1 Å². The highest BCUT2D eigenvalue weighted by atomic mass is 14.9. The average molecular weight is 317 g/mol. The molecule has 0 aromatic rings. The highest BCUT2D eigenvalue weighted by molar-refractivity contribution is 5.32. The molecule has 0 bridgehead atoms. The van der Waals surface area contributed by atoms with Crippen LogP contribution in [0.4, 0.5) is 0 Å². The topological polar surface area (TPSA) is 24.1 Å². The van der Waals surface area contributed by atoms with Gasteiger partial charge in [-0.15, -0.1) is 0 Å². The van der Waals surface area contributed by atoms with Gasteiger partial charge in [0.25, 0.3) is 0 Å². The maximum atomic E-state index is 3.80. The summed E-state index contributed by atoms with van der Waals surface area (Å²) in [4.78, 5) is 0. The van der Waals surface area contributed by atoms with Crippen molar-refractivity contribution < 1.29 is 0 Å². The van der Waals surface area contributed by atoms with Crippen LogP contribution in [0.2, 0.25) is 0 Å². The Balaban J connectivity index is 3.05. The Morgan fingerprint density at radius 2 is 2.22 bits per heavy atom. The summed E-state index contributed by atoms with van der Waals surface area (Å²) in [7, 11) is 1.99. The Morgan fingerprint density at radius 3 is 2.83 bits per heavy atom. The van der Waals surface area contributed by atoms with Gasteiger partial charge in [-0.1, -0.05) is 56.7 Å². The van der Waals surface area contributed by atoms with Gasteiger partial charge in [0.05, 0.1) is 0 Å². The molecule has 0 aliphatic carbocycles. The van der Waals surface area contributed by atoms with E-state index in [2.05, 4.69) is 57.1 Å². The number of hydrogen-bond donors (Lipinski definition) is 2. The van der Waals surface area contributed by atoms with Crippen molar-refractivity contribution in [3.8, 4) is 0 Å². The average Bonchev–Trinajstić information content (AvgIpc) is 2.53. The van der Waals surface area contributed by atoms with Gasteiger partial charge in [0, 0.05) is 18.8 Å². The molecule has 0 fully saturated rings. The van der Waals surface area contributed by atoms with E-state index in [-0.39, 0.29) is 0 Å². The Kier molecular flexibility index (Phi) is 9.01. The molecule has 0 amide bonds. The second-order valence-corrected chi connectivity index (χ2v) is 6.82. The van der Waals surface area contributed by atoms with Crippen molar-refractivity contribution in [1.82, 2.24) is 10.6 Å². The molecule has 0 aromatic heterocycles. The molecule has 0 aromatic carbocycles. The zero-order chi connectivity index (χ0) is 17.2. The fourth-order valence-corrected chi connectivity index (χ4v) is 3.56. The quantitative estimate of drug-likeness (QED) is 0.552. The van der Waals surface area contributed by atoms with E-state index in [1.54, 1.807) is 0 Å². The number of allylic oxidation sites excluding steroid dienone is 4. The lowest BCUT2D eigenvalue weighted by Crippen LogP contribution is -2.34. The Bertz CT molecular complexity index is 456. The largest absolute Gasteiger partial charge is 0.391 e. The summed E-state index contributed by atoms with van der Waals surface area (Å²) in [5.41, 5.74) is 4.05. The highest BCUT2D eigenvalue weighted by Gasteiger charge is 2.19. The molecule has 2 heteroatoms. The van der Waals surface area contributed by atoms with Crippen LogP contribution in [-0.4, -0.2) is 19.6 Å². The highest BCUT2D eigenvalue weighted by Crippen LogP contribution is 2.26. The van der Waals surface area contributed by atoms with Crippen molar-refractivity contribution in [2.45, 2.75) is 59.4 Å². The van der Waals surface area contributed by atoms with Gasteiger partial charge in [0.2, 0.25) is 0 Å². The molecule has 3 atom stereocenters. The molecular weight excluding hydrogens is 280 g/mol. The molecule has 1 aliphatic heterocycles. The van der Waals surface area contributed by atoms with Gasteiger partial charge in [-0.2, -0.15) is 0 Å². The summed E-state index contributed by atoms with van der Waals surface area (Å²) in [5.74, 6) is 1.50. The summed E-state index contributed by atoms with van der Waals surface area (Å²) in [5, 5.41) is 7.09. The minimum atomic E-state index is 0.361. The first-order chi connectivity index (χ1) is 11.0. The summed E-state index contributed by atoms with van der Waals surface area (Å²) < 4.78 is 0. The number of hydrogen-bond acceptors (Lipinski definition) is 2. The molecule has 1 rings (SSSR count). The van der Waals surface area contributed by atoms with E-state index >= 15 is 0 Å². The van der Waals surface area contributed by atoms with Crippen LogP contribution in [0, 0.1) is 11.8 Å². The maximum absolute atomic E-state index is 3.80. The standard InChI is InChI=1S/C21H36N2/c1-7-9-12-20(18(5)22-6)21-15-16(3)14-17(4)19(8-2)11-10-13-23-21/h7,9,12,14,17,19,21-23H,1,8,10-11,13,15H2,2-6H3/b12-9-,16-14-,20-18+. The van der Waals surface area contributed by atoms with Gasteiger partial charge in [-0.05, 0) is 57.1 Å². The predicted molar refractivity (Wildman–Crippen MR) is 103 cm³/mol. The van der Waals surface area contributed by atoms with Crippen LogP contribution in [0.25, 0.3) is 0 Å². The Morgan fingerprint density at radius 1 is 1.48 bits per heavy atom. The monoisotopic (exact) mass is 316 g/mol. The molecule has 130 valence electrons. The number of rotatable bonds is 5. The molecule has 23 heavy (non-hydrogen) atoms. The lowest BCUT2D eigenvalue weighted by atomic mass is 9.84. The SMILES string of the molecule is C=C/C=C\C(=C(\C)NC)C1C/C(C)=C\C(C)C(CC)CCCN1. The van der Waals surface area contributed by atoms with Crippen LogP contribution >= 0.6 is 0 Å². The van der Waals surface area contributed by atoms with Crippen molar-refractivity contribution >= 4 is 0 Å². The van der Waals surface area contributed by atoms with E-state index in [1.807, 2.05) is 19.2 Å². The van der Waals surface area contributed by atoms with Gasteiger partial charge in [0.1, 0.15) is 0 Å². The van der Waals surface area contributed by atoms with Gasteiger partial charge >= 0.3 is 0 Å². The van der Waals surface area contributed by atoms with Crippen molar-refractivity contribution in [3.05, 3.63) is 47.7 Å². The lowest BCUT2D eigenvalue weighted by Gasteiger charge is -2.27. The molecular formula is C21H36N2. The third-order valence-corrected chi connectivity index (χ3v) is 5.08. The van der Waals surface area contributed by atoms with Crippen LogP contribution in [0.15, 0.2) is 47.7 Å². The second-order valence-electron chi connectivity index (χ2n) is 6.82. The lowest BCUT2D eigenvalue weighted by molar-refractivity contribution is 0.356. The molecule has 0 radical (unpaired) electrons. The first-order valence-electron chi connectivity index (χ1n) is 9.11. The van der Waals surface area contributed by atoms with Crippen LogP contribution in [0.5, 0.6) is 0 Å². The summed E-state index contributed by atoms with van der Waals surface area (Å²) in [6.07, 6.45) is 13.5. The molecule has 0 spiro atoms. The zero-order valence-corrected chi connectivity index (χ0v) is 15.8. The summed E-state index contributed by atoms with van der Waals surface area (Å²) >= 11 is 0. The zero-order valence-electron chi connectivity index (χ0n) is 15.8. The molecule has 2 nitrogen and oxygen atoms in total. The summed E-state index contributed by atoms with van der Waals surface area (Å²) in [6, 6.07) is 0.361. The summed E-state index contributed by atoms with van der Waals surface area (Å²) in [6.45, 7) is 14.0. The van der Waals surface area contributed by atoms with E-state index in [9.17, 15) is 0 Å². The van der Waals surface area contributed by atoms with Crippen LogP contribution < -0.4 is 10.6 Å². The fourth-order valence-electron chi connectivity index (χ4n) is 3.56. The molecule has 1 heterocycles. The molecule has 0 saturated carbocycles. The Hall–Kier alpha value is -1.28. The normalized spacial score (nSPS) is 30.3. The van der Waals surface area contributed by atoms with Crippen molar-refractivity contribution in [1.29, 1.82) is 0 Å². The Labute approximate surface area is 143 Å². The smallest absolute Gasteiger partial charge is 0.0374 e. The molecule has 2 N–H and O–H groups in total. The van der Waals surface area contributed by atoms with Crippen LogP contribution in [-0.2, 0) is 0 Å². The minimum absolute atomic E-state index is 0.361. The first kappa shape index (κ1) is 19.8. The van der Waals surface area contributed by atoms with Gasteiger partial charge < -0.3 is 10.6 Å². The van der Waals surface area contributed by atoms with E-state index in [0.29, 0.717) is 12.0 Å². The minimum Gasteiger partial charge on any atom is -0.391 e. The third-order valence-electron chi connectivity index (χ3n) is 5.08. The molecule has 3 unspecified atom stereocenters. The number of nitrogens with one attached hydrogen (secondary N) is 2. The van der Waals surface area contributed by atoms with Crippen LogP contribution in [0.1, 0.15) is 53.4 Å². The van der Waals surface area contributed by atoms with Gasteiger partial charge in [-0.25, -0.2) is 0 Å². The fraction of sp³-hybridized carbons (Fsp3) is 0.619. The van der Waals surface area contributed by atoms with E-state index in [0.717, 1.165) is 18.9 Å². The van der Waals surface area contributed by atoms with Gasteiger partial charge in [-0.3, -0.25) is 0 Å². The van der Waals surface area contributed by atoms with Gasteiger partial charge in [0.15, 0.2) is 0 Å². The second kappa shape index (κ2) is 10.5. The molecule has 1 aliphatic rings. The predicted octanol–water partition coefficient (Wildman–Crippen LogP) is 4.97. The third kappa shape index (κ3) is 6.39. The molecule has 0 saturated heterocycles. The van der Waals surface area contributed by atoms with E-state index in [4.69, 9.17) is 0 Å². The maximum Gasteiger partial charge on any atom is 0.0374 e. The van der Waals surface area contributed by atoms with Crippen molar-refractivity contribution in [2.24, 2.45) is 11.8 Å². The first-order valence-corrected chi connectivity index (χ1v) is 9.11. The van der Waals surface area contributed by atoms with Crippen molar-refractivity contribution in [2.75, 3.05) is 13.6 Å².